The van der Waals surface area contributed by atoms with Gasteiger partial charge < -0.3 is 10.1 Å². The first kappa shape index (κ1) is 19.8. The molecular formula is C18H18F2N2O3S. The minimum Gasteiger partial charge on any atom is -0.452 e. The minimum atomic E-state index is -2.71. The summed E-state index contributed by atoms with van der Waals surface area (Å²) in [5.41, 5.74) is 1.60. The van der Waals surface area contributed by atoms with Crippen molar-refractivity contribution in [2.24, 2.45) is 0 Å². The molecule has 8 heteroatoms. The Balaban J connectivity index is 1.92. The van der Waals surface area contributed by atoms with Gasteiger partial charge in [0, 0.05) is 11.9 Å². The molecule has 0 aliphatic carbocycles. The van der Waals surface area contributed by atoms with Crippen LogP contribution in [0.5, 0.6) is 0 Å². The fourth-order valence-electron chi connectivity index (χ4n) is 2.08. The van der Waals surface area contributed by atoms with Crippen LogP contribution in [0.3, 0.4) is 0 Å². The minimum absolute atomic E-state index is 0.105. The van der Waals surface area contributed by atoms with Gasteiger partial charge in [-0.1, -0.05) is 26.0 Å². The maximum atomic E-state index is 12.5. The van der Waals surface area contributed by atoms with Crippen LogP contribution in [0.4, 0.5) is 14.5 Å². The summed E-state index contributed by atoms with van der Waals surface area (Å²) in [5.74, 6) is -3.75. The number of esters is 1. The van der Waals surface area contributed by atoms with Crippen LogP contribution in [0, 0.1) is 0 Å². The Kier molecular flexibility index (Phi) is 7.08. The summed E-state index contributed by atoms with van der Waals surface area (Å²) in [5, 5.41) is 2.46. The van der Waals surface area contributed by atoms with Gasteiger partial charge in [0.2, 0.25) is 0 Å². The SMILES string of the molecule is CC(C)c1ccc(NC(=O)COC(=O)c2cccnc2SC(F)F)cc1. The predicted octanol–water partition coefficient (Wildman–Crippen LogP) is 4.32. The topological polar surface area (TPSA) is 68.3 Å². The Labute approximate surface area is 154 Å². The van der Waals surface area contributed by atoms with E-state index in [4.69, 9.17) is 4.74 Å². The molecule has 0 aliphatic rings. The molecule has 0 saturated heterocycles. The van der Waals surface area contributed by atoms with Crippen molar-refractivity contribution in [2.75, 3.05) is 11.9 Å². The Morgan fingerprint density at radius 1 is 1.19 bits per heavy atom. The average Bonchev–Trinajstić information content (AvgIpc) is 2.60. The third-order valence-corrected chi connectivity index (χ3v) is 4.11. The van der Waals surface area contributed by atoms with Gasteiger partial charge in [0.25, 0.3) is 11.7 Å². The molecule has 2 aromatic rings. The summed E-state index contributed by atoms with van der Waals surface area (Å²) in [6, 6.07) is 10.1. The van der Waals surface area contributed by atoms with Gasteiger partial charge in [-0.25, -0.2) is 9.78 Å². The van der Waals surface area contributed by atoms with Crippen LogP contribution in [-0.4, -0.2) is 29.2 Å². The van der Waals surface area contributed by atoms with Crippen LogP contribution in [-0.2, 0) is 9.53 Å². The number of rotatable bonds is 7. The molecule has 138 valence electrons. The van der Waals surface area contributed by atoms with E-state index in [1.807, 2.05) is 12.1 Å². The van der Waals surface area contributed by atoms with Crippen LogP contribution < -0.4 is 5.32 Å². The van der Waals surface area contributed by atoms with E-state index in [2.05, 4.69) is 24.1 Å². The Morgan fingerprint density at radius 2 is 1.88 bits per heavy atom. The van der Waals surface area contributed by atoms with Gasteiger partial charge in [-0.3, -0.25) is 4.79 Å². The normalized spacial score (nSPS) is 10.8. The van der Waals surface area contributed by atoms with E-state index in [9.17, 15) is 18.4 Å². The number of carbonyl (C=O) groups is 2. The Morgan fingerprint density at radius 3 is 2.50 bits per heavy atom. The number of aromatic nitrogens is 1. The van der Waals surface area contributed by atoms with Gasteiger partial charge >= 0.3 is 5.97 Å². The lowest BCUT2D eigenvalue weighted by molar-refractivity contribution is -0.119. The molecule has 0 saturated carbocycles. The number of nitrogens with one attached hydrogen (secondary N) is 1. The standard InChI is InChI=1S/C18H18F2N2O3S/c1-11(2)12-5-7-13(8-6-12)22-15(23)10-25-17(24)14-4-3-9-21-16(14)26-18(19)20/h3-9,11,18H,10H2,1-2H3,(H,22,23). The molecule has 0 radical (unpaired) electrons. The Hall–Kier alpha value is -2.48. The number of halogens is 2. The first-order chi connectivity index (χ1) is 12.4. The van der Waals surface area contributed by atoms with Crippen molar-refractivity contribution >= 4 is 29.3 Å². The Bertz CT molecular complexity index is 767. The van der Waals surface area contributed by atoms with Gasteiger partial charge in [0.05, 0.1) is 5.56 Å². The van der Waals surface area contributed by atoms with E-state index < -0.39 is 24.2 Å². The van der Waals surface area contributed by atoms with Crippen molar-refractivity contribution in [2.45, 2.75) is 30.5 Å². The first-order valence-electron chi connectivity index (χ1n) is 7.83. The summed E-state index contributed by atoms with van der Waals surface area (Å²) in [6.07, 6.45) is 1.30. The van der Waals surface area contributed by atoms with Crippen molar-refractivity contribution in [1.29, 1.82) is 0 Å². The number of alkyl halides is 2. The summed E-state index contributed by atoms with van der Waals surface area (Å²) in [4.78, 5) is 27.7. The van der Waals surface area contributed by atoms with Gasteiger partial charge in [-0.2, -0.15) is 8.78 Å². The number of benzene rings is 1. The molecule has 1 N–H and O–H groups in total. The molecule has 0 fully saturated rings. The van der Waals surface area contributed by atoms with Crippen LogP contribution in [0.25, 0.3) is 0 Å². The van der Waals surface area contributed by atoms with Gasteiger partial charge in [-0.15, -0.1) is 0 Å². The third kappa shape index (κ3) is 5.80. The molecule has 0 atom stereocenters. The van der Waals surface area contributed by atoms with Gasteiger partial charge in [-0.05, 0) is 47.5 Å². The largest absolute Gasteiger partial charge is 0.452 e. The highest BCUT2D eigenvalue weighted by Crippen LogP contribution is 2.26. The van der Waals surface area contributed by atoms with Gasteiger partial charge in [0.1, 0.15) is 5.03 Å². The molecule has 5 nitrogen and oxygen atoms in total. The second-order valence-corrected chi connectivity index (χ2v) is 6.61. The van der Waals surface area contributed by atoms with Crippen molar-refractivity contribution in [3.8, 4) is 0 Å². The number of carbonyl (C=O) groups excluding carboxylic acids is 2. The third-order valence-electron chi connectivity index (χ3n) is 3.39. The van der Waals surface area contributed by atoms with Crippen LogP contribution in [0.15, 0.2) is 47.6 Å². The zero-order valence-corrected chi connectivity index (χ0v) is 15.1. The number of ether oxygens (including phenoxy) is 1. The summed E-state index contributed by atoms with van der Waals surface area (Å²) >= 11 is 0.148. The predicted molar refractivity (Wildman–Crippen MR) is 95.5 cm³/mol. The highest BCUT2D eigenvalue weighted by molar-refractivity contribution is 7.99. The summed E-state index contributed by atoms with van der Waals surface area (Å²) in [7, 11) is 0. The zero-order chi connectivity index (χ0) is 19.1. The molecule has 0 bridgehead atoms. The monoisotopic (exact) mass is 380 g/mol. The molecule has 0 unspecified atom stereocenters. The maximum absolute atomic E-state index is 12.5. The van der Waals surface area contributed by atoms with Crippen LogP contribution in [0.2, 0.25) is 0 Å². The number of hydrogen-bond acceptors (Lipinski definition) is 5. The number of thioether (sulfide) groups is 1. The molecule has 1 heterocycles. The van der Waals surface area contributed by atoms with Crippen LogP contribution >= 0.6 is 11.8 Å². The zero-order valence-electron chi connectivity index (χ0n) is 14.2. The lowest BCUT2D eigenvalue weighted by Crippen LogP contribution is -2.21. The van der Waals surface area contributed by atoms with E-state index in [-0.39, 0.29) is 22.4 Å². The van der Waals surface area contributed by atoms with Crippen molar-refractivity contribution < 1.29 is 23.1 Å². The number of anilines is 1. The highest BCUT2D eigenvalue weighted by atomic mass is 32.2. The quantitative estimate of drug-likeness (QED) is 0.572. The van der Waals surface area contributed by atoms with Crippen molar-refractivity contribution in [3.63, 3.8) is 0 Å². The van der Waals surface area contributed by atoms with Crippen molar-refractivity contribution in [1.82, 2.24) is 4.98 Å². The summed E-state index contributed by atoms with van der Waals surface area (Å²) in [6.45, 7) is 3.59. The molecule has 0 aliphatic heterocycles. The fraction of sp³-hybridized carbons (Fsp3) is 0.278. The first-order valence-corrected chi connectivity index (χ1v) is 8.71. The molecule has 1 aromatic heterocycles. The van der Waals surface area contributed by atoms with E-state index >= 15 is 0 Å². The van der Waals surface area contributed by atoms with E-state index in [0.29, 0.717) is 11.6 Å². The average molecular weight is 380 g/mol. The molecule has 1 aromatic carbocycles. The lowest BCUT2D eigenvalue weighted by atomic mass is 10.0. The number of nitrogens with zero attached hydrogens (tertiary/aromatic N) is 1. The second kappa shape index (κ2) is 9.28. The lowest BCUT2D eigenvalue weighted by Gasteiger charge is -2.10. The van der Waals surface area contributed by atoms with E-state index in [0.717, 1.165) is 5.56 Å². The van der Waals surface area contributed by atoms with Gasteiger partial charge in [0.15, 0.2) is 6.61 Å². The molecule has 0 spiro atoms. The second-order valence-electron chi connectivity index (χ2n) is 5.64. The number of hydrogen-bond donors (Lipinski definition) is 1. The molecule has 1 amide bonds. The fourth-order valence-corrected chi connectivity index (χ4v) is 2.65. The summed E-state index contributed by atoms with van der Waals surface area (Å²) < 4.78 is 29.9. The van der Waals surface area contributed by atoms with E-state index in [1.165, 1.54) is 18.3 Å². The van der Waals surface area contributed by atoms with Crippen LogP contribution in [0.1, 0.15) is 35.7 Å². The maximum Gasteiger partial charge on any atom is 0.341 e. The van der Waals surface area contributed by atoms with E-state index in [1.54, 1.807) is 12.1 Å². The number of amides is 1. The number of pyridine rings is 1. The molecular weight excluding hydrogens is 362 g/mol. The van der Waals surface area contributed by atoms with Crippen molar-refractivity contribution in [3.05, 3.63) is 53.7 Å². The highest BCUT2D eigenvalue weighted by Gasteiger charge is 2.18. The molecule has 26 heavy (non-hydrogen) atoms. The smallest absolute Gasteiger partial charge is 0.341 e. The molecule has 2 rings (SSSR count).